The van der Waals surface area contributed by atoms with Crippen LogP contribution in [0.15, 0.2) is 30.5 Å². The standard InChI is InChI=1S/C27H26ClF2N5O3/c1-15(36)33-8-9-34-23(13-33)32-21-6-7-35(24(37)14-38-22-11-18(29)12-31-27(22)28)25(26(21)34)19-5-4-17(10-20(19)30)16-2-3-16/h4-5,10-12,16,25H,2-3,6-9,13-14H2,1H3. The Morgan fingerprint density at radius 2 is 1.97 bits per heavy atom. The van der Waals surface area contributed by atoms with E-state index < -0.39 is 24.4 Å². The molecule has 2 aliphatic heterocycles. The van der Waals surface area contributed by atoms with Gasteiger partial charge in [0.2, 0.25) is 5.91 Å². The van der Waals surface area contributed by atoms with Crippen molar-refractivity contribution in [3.8, 4) is 5.75 Å². The molecule has 4 heterocycles. The topological polar surface area (TPSA) is 80.6 Å². The van der Waals surface area contributed by atoms with Gasteiger partial charge in [-0.25, -0.2) is 18.7 Å². The molecular formula is C27H26ClF2N5O3. The average molecular weight is 542 g/mol. The van der Waals surface area contributed by atoms with E-state index in [1.165, 1.54) is 6.92 Å². The largest absolute Gasteiger partial charge is 0.480 e. The average Bonchev–Trinajstić information content (AvgIpc) is 3.68. The predicted octanol–water partition coefficient (Wildman–Crippen LogP) is 4.00. The zero-order valence-electron chi connectivity index (χ0n) is 20.8. The van der Waals surface area contributed by atoms with Gasteiger partial charge in [0.15, 0.2) is 17.5 Å². The van der Waals surface area contributed by atoms with Crippen LogP contribution >= 0.6 is 11.6 Å². The quantitative estimate of drug-likeness (QED) is 0.456. The molecular weight excluding hydrogens is 516 g/mol. The van der Waals surface area contributed by atoms with Gasteiger partial charge < -0.3 is 19.1 Å². The van der Waals surface area contributed by atoms with Crippen molar-refractivity contribution in [1.29, 1.82) is 0 Å². The molecule has 2 aromatic heterocycles. The number of benzene rings is 1. The Hall–Kier alpha value is -3.53. The van der Waals surface area contributed by atoms with Gasteiger partial charge in [0.05, 0.1) is 24.1 Å². The third-order valence-corrected chi connectivity index (χ3v) is 7.79. The summed E-state index contributed by atoms with van der Waals surface area (Å²) in [6.07, 6.45) is 3.54. The van der Waals surface area contributed by atoms with Gasteiger partial charge in [-0.2, -0.15) is 0 Å². The fourth-order valence-corrected chi connectivity index (χ4v) is 5.58. The second-order valence-corrected chi connectivity index (χ2v) is 10.3. The summed E-state index contributed by atoms with van der Waals surface area (Å²) in [4.78, 5) is 37.3. The maximum Gasteiger partial charge on any atom is 0.261 e. The molecule has 0 radical (unpaired) electrons. The van der Waals surface area contributed by atoms with Crippen LogP contribution < -0.4 is 4.74 Å². The van der Waals surface area contributed by atoms with E-state index >= 15 is 4.39 Å². The van der Waals surface area contributed by atoms with Crippen molar-refractivity contribution in [3.63, 3.8) is 0 Å². The molecule has 1 aromatic carbocycles. The third-order valence-electron chi connectivity index (χ3n) is 7.51. The second kappa shape index (κ2) is 9.65. The number of aromatic nitrogens is 3. The number of carbonyl (C=O) groups is 2. The first kappa shape index (κ1) is 24.8. The van der Waals surface area contributed by atoms with E-state index in [9.17, 15) is 14.0 Å². The Kier molecular flexibility index (Phi) is 6.29. The first-order chi connectivity index (χ1) is 18.3. The summed E-state index contributed by atoms with van der Waals surface area (Å²) in [7, 11) is 0. The highest BCUT2D eigenvalue weighted by molar-refractivity contribution is 6.30. The van der Waals surface area contributed by atoms with Crippen LogP contribution in [0.2, 0.25) is 5.15 Å². The van der Waals surface area contributed by atoms with Crippen molar-refractivity contribution in [2.45, 2.75) is 51.2 Å². The number of fused-ring (bicyclic) bond motifs is 3. The number of imidazole rings is 1. The fourth-order valence-electron chi connectivity index (χ4n) is 5.42. The van der Waals surface area contributed by atoms with Gasteiger partial charge in [-0.05, 0) is 30.4 Å². The Labute approximate surface area is 223 Å². The summed E-state index contributed by atoms with van der Waals surface area (Å²) in [6, 6.07) is 5.62. The van der Waals surface area contributed by atoms with Crippen LogP contribution in [-0.2, 0) is 29.1 Å². The van der Waals surface area contributed by atoms with E-state index in [0.29, 0.717) is 44.1 Å². The van der Waals surface area contributed by atoms with E-state index in [1.807, 2.05) is 10.6 Å². The molecule has 198 valence electrons. The predicted molar refractivity (Wildman–Crippen MR) is 134 cm³/mol. The molecule has 38 heavy (non-hydrogen) atoms. The number of hydrogen-bond acceptors (Lipinski definition) is 5. The van der Waals surface area contributed by atoms with Gasteiger partial charge in [-0.15, -0.1) is 0 Å². The van der Waals surface area contributed by atoms with Crippen LogP contribution in [-0.4, -0.2) is 55.8 Å². The van der Waals surface area contributed by atoms with E-state index in [1.54, 1.807) is 21.9 Å². The van der Waals surface area contributed by atoms with E-state index in [4.69, 9.17) is 21.3 Å². The van der Waals surface area contributed by atoms with Gasteiger partial charge >= 0.3 is 0 Å². The summed E-state index contributed by atoms with van der Waals surface area (Å²) < 4.78 is 36.9. The molecule has 3 aromatic rings. The zero-order chi connectivity index (χ0) is 26.6. The number of halogens is 3. The normalized spacial score (nSPS) is 18.7. The number of carbonyl (C=O) groups excluding carboxylic acids is 2. The maximum absolute atomic E-state index is 15.7. The molecule has 1 aliphatic carbocycles. The Morgan fingerprint density at radius 3 is 2.71 bits per heavy atom. The molecule has 6 rings (SSSR count). The molecule has 0 spiro atoms. The lowest BCUT2D eigenvalue weighted by molar-refractivity contribution is -0.135. The second-order valence-electron chi connectivity index (χ2n) is 9.98. The maximum atomic E-state index is 15.7. The lowest BCUT2D eigenvalue weighted by atomic mass is 9.93. The first-order valence-corrected chi connectivity index (χ1v) is 13.0. The van der Waals surface area contributed by atoms with Crippen molar-refractivity contribution >= 4 is 23.4 Å². The number of rotatable bonds is 5. The molecule has 0 saturated heterocycles. The molecule has 11 heteroatoms. The molecule has 0 bridgehead atoms. The summed E-state index contributed by atoms with van der Waals surface area (Å²) in [5.74, 6) is -0.379. The van der Waals surface area contributed by atoms with Gasteiger partial charge in [-0.3, -0.25) is 9.59 Å². The minimum absolute atomic E-state index is 0.0325. The Morgan fingerprint density at radius 1 is 1.16 bits per heavy atom. The van der Waals surface area contributed by atoms with Crippen molar-refractivity contribution in [1.82, 2.24) is 24.3 Å². The smallest absolute Gasteiger partial charge is 0.261 e. The molecule has 1 fully saturated rings. The Bertz CT molecular complexity index is 1440. The number of hydrogen-bond donors (Lipinski definition) is 0. The lowest BCUT2D eigenvalue weighted by Gasteiger charge is -2.38. The third kappa shape index (κ3) is 4.51. The SMILES string of the molecule is CC(=O)N1CCn2c(nc3c2C(c2ccc(C4CC4)cc2F)N(C(=O)COc2cc(F)cnc2Cl)CC3)C1. The summed E-state index contributed by atoms with van der Waals surface area (Å²) in [5.41, 5.74) is 2.89. The first-order valence-electron chi connectivity index (χ1n) is 12.7. The van der Waals surface area contributed by atoms with Crippen LogP contribution in [0.4, 0.5) is 8.78 Å². The summed E-state index contributed by atoms with van der Waals surface area (Å²) in [5, 5.41) is -0.0572. The molecule has 1 saturated carbocycles. The van der Waals surface area contributed by atoms with Gasteiger partial charge in [0, 0.05) is 44.6 Å². The van der Waals surface area contributed by atoms with Gasteiger partial charge in [0.25, 0.3) is 5.91 Å². The van der Waals surface area contributed by atoms with Crippen LogP contribution in [0.5, 0.6) is 5.75 Å². The number of pyridine rings is 1. The molecule has 0 N–H and O–H groups in total. The summed E-state index contributed by atoms with van der Waals surface area (Å²) >= 11 is 6.01. The van der Waals surface area contributed by atoms with E-state index in [-0.39, 0.29) is 22.6 Å². The van der Waals surface area contributed by atoms with Crippen molar-refractivity contribution in [3.05, 3.63) is 75.6 Å². The van der Waals surface area contributed by atoms with Crippen molar-refractivity contribution < 1.29 is 23.1 Å². The highest BCUT2D eigenvalue weighted by Gasteiger charge is 2.40. The number of nitrogens with zero attached hydrogens (tertiary/aromatic N) is 5. The number of amides is 2. The highest BCUT2D eigenvalue weighted by Crippen LogP contribution is 2.43. The van der Waals surface area contributed by atoms with Crippen LogP contribution in [0.1, 0.15) is 60.1 Å². The minimum atomic E-state index is -0.727. The monoisotopic (exact) mass is 541 g/mol. The zero-order valence-corrected chi connectivity index (χ0v) is 21.5. The fraction of sp³-hybridized carbons (Fsp3) is 0.407. The van der Waals surface area contributed by atoms with E-state index in [0.717, 1.165) is 47.9 Å². The molecule has 1 atom stereocenters. The molecule has 1 unspecified atom stereocenters. The minimum Gasteiger partial charge on any atom is -0.480 e. The van der Waals surface area contributed by atoms with Crippen LogP contribution in [0.25, 0.3) is 0 Å². The van der Waals surface area contributed by atoms with Gasteiger partial charge in [0.1, 0.15) is 23.5 Å². The highest BCUT2D eigenvalue weighted by atomic mass is 35.5. The molecule has 8 nitrogen and oxygen atoms in total. The van der Waals surface area contributed by atoms with Crippen LogP contribution in [0.3, 0.4) is 0 Å². The Balaban J connectivity index is 1.36. The molecule has 2 amide bonds. The van der Waals surface area contributed by atoms with Crippen molar-refractivity contribution in [2.75, 3.05) is 19.7 Å². The van der Waals surface area contributed by atoms with E-state index in [2.05, 4.69) is 4.98 Å². The summed E-state index contributed by atoms with van der Waals surface area (Å²) in [6.45, 7) is 2.77. The lowest BCUT2D eigenvalue weighted by Crippen LogP contribution is -2.45. The van der Waals surface area contributed by atoms with Gasteiger partial charge in [-0.1, -0.05) is 23.7 Å². The molecule has 3 aliphatic rings. The van der Waals surface area contributed by atoms with Crippen molar-refractivity contribution in [2.24, 2.45) is 0 Å². The van der Waals surface area contributed by atoms with Crippen LogP contribution in [0, 0.1) is 11.6 Å². The number of ether oxygens (including phenoxy) is 1.